The number of benzene rings is 2. The van der Waals surface area contributed by atoms with Crippen LogP contribution >= 0.6 is 0 Å². The van der Waals surface area contributed by atoms with Gasteiger partial charge in [0.1, 0.15) is 11.6 Å². The van der Waals surface area contributed by atoms with Gasteiger partial charge in [0.25, 0.3) is 0 Å². The molecule has 88 valence electrons. The van der Waals surface area contributed by atoms with Crippen LogP contribution in [-0.2, 0) is 6.54 Å². The monoisotopic (exact) mass is 234 g/mol. The summed E-state index contributed by atoms with van der Waals surface area (Å²) in [5.74, 6) is -0.685. The van der Waals surface area contributed by atoms with Crippen molar-refractivity contribution in [3.8, 4) is 0 Å². The average Bonchev–Trinajstić information content (AvgIpc) is 2.25. The highest BCUT2D eigenvalue weighted by Gasteiger charge is 1.99. The Kier molecular flexibility index (Phi) is 3.23. The summed E-state index contributed by atoms with van der Waals surface area (Å²) >= 11 is 0. The molecule has 0 aliphatic heterocycles. The van der Waals surface area contributed by atoms with Gasteiger partial charge in [-0.2, -0.15) is 0 Å². The molecule has 2 rings (SSSR count). The van der Waals surface area contributed by atoms with Crippen molar-refractivity contribution >= 4 is 11.4 Å². The van der Waals surface area contributed by atoms with Gasteiger partial charge in [-0.05, 0) is 35.9 Å². The van der Waals surface area contributed by atoms with E-state index in [0.717, 1.165) is 5.56 Å². The maximum Gasteiger partial charge on any atom is 0.127 e. The summed E-state index contributed by atoms with van der Waals surface area (Å²) < 4.78 is 26.0. The zero-order valence-electron chi connectivity index (χ0n) is 9.08. The Hall–Kier alpha value is -2.10. The van der Waals surface area contributed by atoms with E-state index < -0.39 is 5.82 Å². The molecule has 3 N–H and O–H groups in total. The lowest BCUT2D eigenvalue weighted by molar-refractivity contribution is 0.625. The van der Waals surface area contributed by atoms with E-state index in [9.17, 15) is 8.78 Å². The third-order valence-electron chi connectivity index (χ3n) is 2.31. The summed E-state index contributed by atoms with van der Waals surface area (Å²) in [6.07, 6.45) is 0. The molecule has 0 unspecified atom stereocenters. The number of hydrogen-bond donors (Lipinski definition) is 2. The molecule has 0 spiro atoms. The molecular weight excluding hydrogens is 222 g/mol. The van der Waals surface area contributed by atoms with Gasteiger partial charge in [-0.1, -0.05) is 12.1 Å². The van der Waals surface area contributed by atoms with Crippen LogP contribution < -0.4 is 11.1 Å². The summed E-state index contributed by atoms with van der Waals surface area (Å²) in [6, 6.07) is 10.4. The number of nitrogen functional groups attached to an aromatic ring is 1. The smallest absolute Gasteiger partial charge is 0.127 e. The normalized spacial score (nSPS) is 10.2. The van der Waals surface area contributed by atoms with Crippen LogP contribution in [0.5, 0.6) is 0 Å². The van der Waals surface area contributed by atoms with Crippen LogP contribution in [0.1, 0.15) is 5.56 Å². The van der Waals surface area contributed by atoms with Gasteiger partial charge < -0.3 is 11.1 Å². The van der Waals surface area contributed by atoms with Crippen LogP contribution in [0.2, 0.25) is 0 Å². The van der Waals surface area contributed by atoms with Crippen molar-refractivity contribution in [3.05, 3.63) is 59.7 Å². The minimum Gasteiger partial charge on any atom is -0.399 e. The molecule has 0 fully saturated rings. The molecule has 0 amide bonds. The molecule has 0 heterocycles. The van der Waals surface area contributed by atoms with Crippen LogP contribution in [0.15, 0.2) is 42.5 Å². The lowest BCUT2D eigenvalue weighted by atomic mass is 10.2. The highest BCUT2D eigenvalue weighted by atomic mass is 19.1. The molecule has 0 bridgehead atoms. The van der Waals surface area contributed by atoms with Crippen molar-refractivity contribution in [2.24, 2.45) is 0 Å². The zero-order valence-corrected chi connectivity index (χ0v) is 9.08. The molecule has 2 aromatic rings. The van der Waals surface area contributed by atoms with Gasteiger partial charge in [0.15, 0.2) is 0 Å². The Morgan fingerprint density at radius 1 is 1.00 bits per heavy atom. The second-order valence-electron chi connectivity index (χ2n) is 3.76. The first kappa shape index (κ1) is 11.4. The highest BCUT2D eigenvalue weighted by molar-refractivity contribution is 5.54. The van der Waals surface area contributed by atoms with E-state index in [-0.39, 0.29) is 5.82 Å². The minimum atomic E-state index is -0.397. The van der Waals surface area contributed by atoms with Crippen LogP contribution in [0.4, 0.5) is 20.2 Å². The number of halogens is 2. The second kappa shape index (κ2) is 4.82. The maximum atomic E-state index is 13.0. The lowest BCUT2D eigenvalue weighted by Gasteiger charge is -2.07. The predicted molar refractivity (Wildman–Crippen MR) is 64.5 cm³/mol. The van der Waals surface area contributed by atoms with Crippen molar-refractivity contribution in [1.82, 2.24) is 0 Å². The fourth-order valence-electron chi connectivity index (χ4n) is 1.57. The van der Waals surface area contributed by atoms with E-state index in [1.165, 1.54) is 24.3 Å². The molecule has 2 aromatic carbocycles. The van der Waals surface area contributed by atoms with Gasteiger partial charge >= 0.3 is 0 Å². The summed E-state index contributed by atoms with van der Waals surface area (Å²) in [4.78, 5) is 0. The molecular formula is C13H12F2N2. The van der Waals surface area contributed by atoms with Crippen LogP contribution in [0.3, 0.4) is 0 Å². The van der Waals surface area contributed by atoms with Crippen LogP contribution in [-0.4, -0.2) is 0 Å². The number of rotatable bonds is 3. The Morgan fingerprint density at radius 3 is 2.53 bits per heavy atom. The fraction of sp³-hybridized carbons (Fsp3) is 0.0769. The Bertz CT molecular complexity index is 506. The first-order valence-corrected chi connectivity index (χ1v) is 5.18. The van der Waals surface area contributed by atoms with Gasteiger partial charge in [-0.15, -0.1) is 0 Å². The van der Waals surface area contributed by atoms with Gasteiger partial charge in [-0.25, -0.2) is 8.78 Å². The summed E-state index contributed by atoms with van der Waals surface area (Å²) in [7, 11) is 0. The average molecular weight is 234 g/mol. The van der Waals surface area contributed by atoms with Crippen molar-refractivity contribution in [2.45, 2.75) is 6.54 Å². The van der Waals surface area contributed by atoms with E-state index in [0.29, 0.717) is 17.9 Å². The molecule has 4 heteroatoms. The lowest BCUT2D eigenvalue weighted by Crippen LogP contribution is -2.01. The molecule has 17 heavy (non-hydrogen) atoms. The predicted octanol–water partition coefficient (Wildman–Crippen LogP) is 3.16. The molecule has 2 nitrogen and oxygen atoms in total. The molecule has 0 aliphatic rings. The molecule has 0 radical (unpaired) electrons. The van der Waals surface area contributed by atoms with E-state index >= 15 is 0 Å². The van der Waals surface area contributed by atoms with Gasteiger partial charge in [0.05, 0.1) is 0 Å². The van der Waals surface area contributed by atoms with Crippen molar-refractivity contribution in [1.29, 1.82) is 0 Å². The molecule has 0 saturated carbocycles. The Labute approximate surface area is 98.1 Å². The fourth-order valence-corrected chi connectivity index (χ4v) is 1.57. The van der Waals surface area contributed by atoms with Gasteiger partial charge in [0.2, 0.25) is 0 Å². The Balaban J connectivity index is 2.07. The van der Waals surface area contributed by atoms with Gasteiger partial charge in [-0.3, -0.25) is 0 Å². The van der Waals surface area contributed by atoms with Crippen molar-refractivity contribution in [2.75, 3.05) is 11.1 Å². The summed E-state index contributed by atoms with van der Waals surface area (Å²) in [6.45, 7) is 0.417. The van der Waals surface area contributed by atoms with Gasteiger partial charge in [0, 0.05) is 17.9 Å². The highest BCUT2D eigenvalue weighted by Crippen LogP contribution is 2.16. The number of nitrogens with two attached hydrogens (primary N) is 1. The number of hydrogen-bond acceptors (Lipinski definition) is 2. The Morgan fingerprint density at radius 2 is 1.82 bits per heavy atom. The number of anilines is 2. The van der Waals surface area contributed by atoms with Crippen LogP contribution in [0.25, 0.3) is 0 Å². The summed E-state index contributed by atoms with van der Waals surface area (Å²) in [5.41, 5.74) is 7.23. The third kappa shape index (κ3) is 3.17. The van der Waals surface area contributed by atoms with Crippen LogP contribution in [0, 0.1) is 11.6 Å². The van der Waals surface area contributed by atoms with E-state index in [1.54, 1.807) is 18.2 Å². The van der Waals surface area contributed by atoms with E-state index in [4.69, 9.17) is 5.73 Å². The van der Waals surface area contributed by atoms with E-state index in [1.807, 2.05) is 0 Å². The minimum absolute atomic E-state index is 0.289. The van der Waals surface area contributed by atoms with Crippen molar-refractivity contribution < 1.29 is 8.78 Å². The SMILES string of the molecule is Nc1cc(F)cc(NCc2cccc(F)c2)c1. The molecule has 0 aliphatic carbocycles. The second-order valence-corrected chi connectivity index (χ2v) is 3.76. The molecule has 0 aromatic heterocycles. The molecule has 0 atom stereocenters. The number of nitrogens with one attached hydrogen (secondary N) is 1. The first-order valence-electron chi connectivity index (χ1n) is 5.18. The topological polar surface area (TPSA) is 38.0 Å². The zero-order chi connectivity index (χ0) is 12.3. The standard InChI is InChI=1S/C13H12F2N2/c14-10-3-1-2-9(4-10)8-17-13-6-11(15)5-12(16)7-13/h1-7,17H,8,16H2. The van der Waals surface area contributed by atoms with Crippen molar-refractivity contribution in [3.63, 3.8) is 0 Å². The largest absolute Gasteiger partial charge is 0.399 e. The van der Waals surface area contributed by atoms with E-state index in [2.05, 4.69) is 5.32 Å². The quantitative estimate of drug-likeness (QED) is 0.800. The first-order chi connectivity index (χ1) is 8.13. The summed E-state index contributed by atoms with van der Waals surface area (Å²) in [5, 5.41) is 2.98. The third-order valence-corrected chi connectivity index (χ3v) is 2.31. The maximum absolute atomic E-state index is 13.0. The molecule has 0 saturated heterocycles.